The van der Waals surface area contributed by atoms with E-state index in [9.17, 15) is 15.0 Å². The second-order valence-corrected chi connectivity index (χ2v) is 4.41. The number of ether oxygens (including phenoxy) is 1. The highest BCUT2D eigenvalue weighted by molar-refractivity contribution is 5.73. The van der Waals surface area contributed by atoms with E-state index < -0.39 is 55.4 Å². The number of aliphatic hydroxyl groups excluding tert-OH is 5. The van der Waals surface area contributed by atoms with Gasteiger partial charge in [-0.25, -0.2) is 0 Å². The van der Waals surface area contributed by atoms with Gasteiger partial charge in [-0.15, -0.1) is 0 Å². The molecule has 1 fully saturated rings. The summed E-state index contributed by atoms with van der Waals surface area (Å²) in [5, 5.41) is 52.6. The Balaban J connectivity index is 0.000000396. The summed E-state index contributed by atoms with van der Waals surface area (Å²) < 4.78 is 4.70. The minimum atomic E-state index is -1.35. The molecule has 0 aliphatic carbocycles. The van der Waals surface area contributed by atoms with Gasteiger partial charge >= 0.3 is 5.97 Å². The van der Waals surface area contributed by atoms with Crippen LogP contribution in [0.25, 0.3) is 0 Å². The molecule has 1 aliphatic heterocycles. The summed E-state index contributed by atoms with van der Waals surface area (Å²) >= 11 is 0. The number of rotatable bonds is 3. The second-order valence-electron chi connectivity index (χ2n) is 4.41. The fourth-order valence-electron chi connectivity index (χ4n) is 1.32. The van der Waals surface area contributed by atoms with Crippen LogP contribution in [0, 0.1) is 0 Å². The number of carboxylic acids is 1. The number of carbonyl (C=O) groups is 1. The van der Waals surface area contributed by atoms with Crippen molar-refractivity contribution in [1.82, 2.24) is 0 Å². The third kappa shape index (κ3) is 5.26. The van der Waals surface area contributed by atoms with E-state index in [2.05, 4.69) is 0 Å². The molecule has 0 amide bonds. The number of aliphatic hydroxyl groups is 5. The highest BCUT2D eigenvalue weighted by Gasteiger charge is 2.41. The molecule has 1 saturated heterocycles. The Morgan fingerprint density at radius 1 is 1.30 bits per heavy atom. The molecule has 10 heteroatoms. The lowest BCUT2D eigenvalue weighted by Gasteiger charge is -2.38. The summed E-state index contributed by atoms with van der Waals surface area (Å²) in [6.07, 6.45) is -5.83. The quantitative estimate of drug-likeness (QED) is 0.251. The van der Waals surface area contributed by atoms with E-state index in [1.807, 2.05) is 0 Å². The molecule has 20 heavy (non-hydrogen) atoms. The lowest BCUT2D eigenvalue weighted by molar-refractivity contribution is -0.248. The third-order valence-electron chi connectivity index (χ3n) is 2.75. The van der Waals surface area contributed by atoms with Gasteiger partial charge in [0.1, 0.15) is 24.4 Å². The van der Waals surface area contributed by atoms with Crippen molar-refractivity contribution in [2.75, 3.05) is 6.61 Å². The molecule has 3 unspecified atom stereocenters. The molecule has 0 spiro atoms. The smallest absolute Gasteiger partial charge is 0.323 e. The van der Waals surface area contributed by atoms with Crippen molar-refractivity contribution in [3.63, 3.8) is 0 Å². The molecule has 0 radical (unpaired) electrons. The Bertz CT molecular complexity index is 298. The SMILES string of the molecule is CC(O)C(N)C(=O)O.N[C@H]1C(O)O[C@H](CO)[C@@H](O)[C@@H]1O. The summed E-state index contributed by atoms with van der Waals surface area (Å²) in [6, 6.07) is -2.20. The van der Waals surface area contributed by atoms with Gasteiger partial charge in [-0.2, -0.15) is 0 Å². The van der Waals surface area contributed by atoms with Gasteiger partial charge in [0.2, 0.25) is 0 Å². The zero-order valence-corrected chi connectivity index (χ0v) is 10.9. The number of hydrogen-bond donors (Lipinski definition) is 8. The maximum absolute atomic E-state index is 9.86. The van der Waals surface area contributed by atoms with Crippen LogP contribution in [-0.4, -0.2) is 86.0 Å². The van der Waals surface area contributed by atoms with Crippen molar-refractivity contribution in [3.8, 4) is 0 Å². The van der Waals surface area contributed by atoms with Crippen molar-refractivity contribution in [1.29, 1.82) is 0 Å². The van der Waals surface area contributed by atoms with E-state index in [0.717, 1.165) is 0 Å². The molecular formula is C10H22N2O8. The lowest BCUT2D eigenvalue weighted by atomic mass is 9.98. The summed E-state index contributed by atoms with van der Waals surface area (Å²) in [5.74, 6) is -1.18. The highest BCUT2D eigenvalue weighted by atomic mass is 16.6. The molecule has 120 valence electrons. The summed E-state index contributed by atoms with van der Waals surface area (Å²) in [6.45, 7) is 0.862. The van der Waals surface area contributed by atoms with Crippen LogP contribution in [0.1, 0.15) is 6.92 Å². The van der Waals surface area contributed by atoms with Crippen LogP contribution >= 0.6 is 0 Å². The molecule has 0 saturated carbocycles. The van der Waals surface area contributed by atoms with Crippen LogP contribution in [-0.2, 0) is 9.53 Å². The van der Waals surface area contributed by atoms with E-state index in [4.69, 9.17) is 36.6 Å². The monoisotopic (exact) mass is 298 g/mol. The molecule has 1 heterocycles. The fourth-order valence-corrected chi connectivity index (χ4v) is 1.32. The van der Waals surface area contributed by atoms with Crippen molar-refractivity contribution in [3.05, 3.63) is 0 Å². The average molecular weight is 298 g/mol. The van der Waals surface area contributed by atoms with Crippen molar-refractivity contribution >= 4 is 5.97 Å². The highest BCUT2D eigenvalue weighted by Crippen LogP contribution is 2.17. The van der Waals surface area contributed by atoms with E-state index >= 15 is 0 Å². The zero-order chi connectivity index (χ0) is 16.0. The maximum Gasteiger partial charge on any atom is 0.323 e. The van der Waals surface area contributed by atoms with Gasteiger partial charge in [0.25, 0.3) is 0 Å². The van der Waals surface area contributed by atoms with Crippen LogP contribution in [0.5, 0.6) is 0 Å². The molecule has 1 rings (SSSR count). The fraction of sp³-hybridized carbons (Fsp3) is 0.900. The minimum absolute atomic E-state index is 0.470. The first-order valence-corrected chi connectivity index (χ1v) is 5.86. The van der Waals surface area contributed by atoms with Crippen LogP contribution in [0.4, 0.5) is 0 Å². The van der Waals surface area contributed by atoms with Crippen LogP contribution < -0.4 is 11.5 Å². The van der Waals surface area contributed by atoms with Gasteiger partial charge in [-0.1, -0.05) is 0 Å². The summed E-state index contributed by atoms with van der Waals surface area (Å²) in [4.78, 5) is 9.86. The lowest BCUT2D eigenvalue weighted by Crippen LogP contribution is -2.61. The van der Waals surface area contributed by atoms with Gasteiger partial charge < -0.3 is 46.8 Å². The van der Waals surface area contributed by atoms with Gasteiger partial charge in [0.05, 0.1) is 18.8 Å². The molecule has 7 atom stereocenters. The normalized spacial score (nSPS) is 36.5. The Hall–Kier alpha value is -0.850. The summed E-state index contributed by atoms with van der Waals surface area (Å²) in [7, 11) is 0. The van der Waals surface area contributed by atoms with Gasteiger partial charge in [0.15, 0.2) is 6.29 Å². The molecule has 10 N–H and O–H groups in total. The predicted molar refractivity (Wildman–Crippen MR) is 65.2 cm³/mol. The molecule has 0 bridgehead atoms. The van der Waals surface area contributed by atoms with Crippen LogP contribution in [0.2, 0.25) is 0 Å². The first kappa shape index (κ1) is 19.1. The summed E-state index contributed by atoms with van der Waals surface area (Å²) in [5.41, 5.74) is 10.2. The largest absolute Gasteiger partial charge is 0.480 e. The van der Waals surface area contributed by atoms with Crippen LogP contribution in [0.15, 0.2) is 0 Å². The number of carboxylic acid groups (broad SMARTS) is 1. The third-order valence-corrected chi connectivity index (χ3v) is 2.75. The Kier molecular flexibility index (Phi) is 8.08. The first-order valence-electron chi connectivity index (χ1n) is 5.86. The zero-order valence-electron chi connectivity index (χ0n) is 10.9. The molecule has 1 aliphatic rings. The van der Waals surface area contributed by atoms with Crippen molar-refractivity contribution < 1.29 is 40.2 Å². The number of nitrogens with two attached hydrogens (primary N) is 2. The standard InChI is InChI=1S/C6H13NO5.C4H9NO3/c7-3-5(10)4(9)2(1-8)12-6(3)11;1-2(6)3(5)4(7)8/h2-6,8-11H,1,7H2;2-3,6H,5H2,1H3,(H,7,8)/t2-,3-,4-,5-,6?;/m1./s1. The Labute approximate surface area is 115 Å². The topological polar surface area (TPSA) is 200 Å². The molecule has 0 aromatic carbocycles. The molecule has 0 aromatic heterocycles. The molecule has 0 aromatic rings. The Morgan fingerprint density at radius 2 is 1.80 bits per heavy atom. The Morgan fingerprint density at radius 3 is 2.10 bits per heavy atom. The van der Waals surface area contributed by atoms with Crippen LogP contribution in [0.3, 0.4) is 0 Å². The van der Waals surface area contributed by atoms with E-state index in [1.165, 1.54) is 6.92 Å². The van der Waals surface area contributed by atoms with E-state index in [-0.39, 0.29) is 0 Å². The predicted octanol–water partition coefficient (Wildman–Crippen LogP) is -4.48. The first-order chi connectivity index (χ1) is 9.13. The number of hydrogen-bond acceptors (Lipinski definition) is 9. The number of aliphatic carboxylic acids is 1. The van der Waals surface area contributed by atoms with Crippen molar-refractivity contribution in [2.24, 2.45) is 11.5 Å². The van der Waals surface area contributed by atoms with Gasteiger partial charge in [0, 0.05) is 0 Å². The second kappa shape index (κ2) is 8.44. The molecule has 10 nitrogen and oxygen atoms in total. The average Bonchev–Trinajstić information content (AvgIpc) is 2.40. The van der Waals surface area contributed by atoms with E-state index in [0.29, 0.717) is 0 Å². The maximum atomic E-state index is 9.86. The van der Waals surface area contributed by atoms with Gasteiger partial charge in [-0.3, -0.25) is 4.79 Å². The van der Waals surface area contributed by atoms with Crippen molar-refractivity contribution in [2.45, 2.75) is 49.7 Å². The van der Waals surface area contributed by atoms with Gasteiger partial charge in [-0.05, 0) is 6.92 Å². The minimum Gasteiger partial charge on any atom is -0.480 e. The molecular weight excluding hydrogens is 276 g/mol. The van der Waals surface area contributed by atoms with E-state index in [1.54, 1.807) is 0 Å².